The molecule has 0 spiro atoms. The molecule has 1 aromatic heterocycles. The Labute approximate surface area is 145 Å². The first kappa shape index (κ1) is 17.2. The summed E-state index contributed by atoms with van der Waals surface area (Å²) in [4.78, 5) is 0. The number of ether oxygens (including phenoxy) is 1. The molecular weight excluding hydrogens is 329 g/mol. The molecule has 2 aromatic rings. The van der Waals surface area contributed by atoms with Crippen LogP contribution in [0.3, 0.4) is 0 Å². The third-order valence-electron chi connectivity index (χ3n) is 3.78. The topological polar surface area (TPSA) is 60.2 Å². The van der Waals surface area contributed by atoms with Crippen LogP contribution in [0.5, 0.6) is 5.75 Å². The number of rotatable bonds is 8. The van der Waals surface area contributed by atoms with E-state index in [0.29, 0.717) is 23.5 Å². The van der Waals surface area contributed by atoms with E-state index in [1.165, 1.54) is 36.7 Å². The van der Waals surface area contributed by atoms with Crippen molar-refractivity contribution < 1.29 is 14.2 Å². The summed E-state index contributed by atoms with van der Waals surface area (Å²) in [6.45, 7) is 4.39. The van der Waals surface area contributed by atoms with Crippen molar-refractivity contribution in [3.63, 3.8) is 0 Å². The van der Waals surface area contributed by atoms with Crippen LogP contribution in [0.1, 0.15) is 44.5 Å². The van der Waals surface area contributed by atoms with Crippen LogP contribution in [0, 0.1) is 5.82 Å². The number of hydrogen-bond acceptors (Lipinski definition) is 5. The molecule has 1 aliphatic rings. The molecule has 1 atom stereocenters. The van der Waals surface area contributed by atoms with E-state index in [2.05, 4.69) is 28.6 Å². The third kappa shape index (κ3) is 4.27. The molecule has 0 saturated heterocycles. The SMILES string of the molecule is CC(C)c1nnc(SC[C@H](O)COc2ccc(F)cc2)n1C1CC1. The lowest BCUT2D eigenvalue weighted by Crippen LogP contribution is -2.20. The molecule has 0 radical (unpaired) electrons. The van der Waals surface area contributed by atoms with Gasteiger partial charge in [0.25, 0.3) is 0 Å². The quantitative estimate of drug-likeness (QED) is 0.739. The van der Waals surface area contributed by atoms with Crippen molar-refractivity contribution in [3.8, 4) is 5.75 Å². The van der Waals surface area contributed by atoms with Crippen LogP contribution in [0.15, 0.2) is 29.4 Å². The number of aliphatic hydroxyl groups excluding tert-OH is 1. The molecule has 0 bridgehead atoms. The largest absolute Gasteiger partial charge is 0.491 e. The summed E-state index contributed by atoms with van der Waals surface area (Å²) in [5, 5.41) is 19.6. The summed E-state index contributed by atoms with van der Waals surface area (Å²) in [5.74, 6) is 2.06. The van der Waals surface area contributed by atoms with Crippen LogP contribution in [0.2, 0.25) is 0 Å². The van der Waals surface area contributed by atoms with Gasteiger partial charge in [0.1, 0.15) is 24.0 Å². The predicted molar refractivity (Wildman–Crippen MR) is 91.0 cm³/mol. The normalized spacial score (nSPS) is 15.7. The monoisotopic (exact) mass is 351 g/mol. The maximum atomic E-state index is 12.8. The average Bonchev–Trinajstić information content (AvgIpc) is 3.31. The van der Waals surface area contributed by atoms with Crippen LogP contribution >= 0.6 is 11.8 Å². The Hall–Kier alpha value is -1.60. The van der Waals surface area contributed by atoms with Gasteiger partial charge in [-0.2, -0.15) is 0 Å². The van der Waals surface area contributed by atoms with Gasteiger partial charge in [-0.05, 0) is 37.1 Å². The first-order valence-corrected chi connectivity index (χ1v) is 9.17. The number of halogens is 1. The van der Waals surface area contributed by atoms with Gasteiger partial charge in [-0.3, -0.25) is 0 Å². The molecule has 24 heavy (non-hydrogen) atoms. The van der Waals surface area contributed by atoms with Crippen LogP contribution in [0.25, 0.3) is 0 Å². The highest BCUT2D eigenvalue weighted by atomic mass is 32.2. The van der Waals surface area contributed by atoms with E-state index in [1.54, 1.807) is 12.1 Å². The molecule has 130 valence electrons. The highest BCUT2D eigenvalue weighted by molar-refractivity contribution is 7.99. The number of aliphatic hydroxyl groups is 1. The van der Waals surface area contributed by atoms with E-state index < -0.39 is 6.10 Å². The van der Waals surface area contributed by atoms with Gasteiger partial charge in [0, 0.05) is 17.7 Å². The molecule has 7 heteroatoms. The highest BCUT2D eigenvalue weighted by Crippen LogP contribution is 2.40. The minimum absolute atomic E-state index is 0.160. The molecule has 1 heterocycles. The summed E-state index contributed by atoms with van der Waals surface area (Å²) in [7, 11) is 0. The second-order valence-electron chi connectivity index (χ2n) is 6.33. The van der Waals surface area contributed by atoms with Gasteiger partial charge in [0.15, 0.2) is 5.16 Å². The maximum Gasteiger partial charge on any atom is 0.191 e. The Kier molecular flexibility index (Phi) is 5.40. The molecule has 1 fully saturated rings. The van der Waals surface area contributed by atoms with Crippen LogP contribution in [0.4, 0.5) is 4.39 Å². The van der Waals surface area contributed by atoms with Crippen molar-refractivity contribution in [2.24, 2.45) is 0 Å². The van der Waals surface area contributed by atoms with Crippen LogP contribution < -0.4 is 4.74 Å². The van der Waals surface area contributed by atoms with Crippen molar-refractivity contribution in [2.75, 3.05) is 12.4 Å². The zero-order valence-electron chi connectivity index (χ0n) is 13.9. The van der Waals surface area contributed by atoms with E-state index in [4.69, 9.17) is 4.74 Å². The second kappa shape index (κ2) is 7.53. The smallest absolute Gasteiger partial charge is 0.191 e. The first-order chi connectivity index (χ1) is 11.5. The summed E-state index contributed by atoms with van der Waals surface area (Å²) in [6, 6.07) is 6.28. The van der Waals surface area contributed by atoms with Crippen LogP contribution in [-0.4, -0.2) is 38.3 Å². The molecule has 1 aliphatic carbocycles. The molecule has 0 amide bonds. The molecule has 3 rings (SSSR count). The van der Waals surface area contributed by atoms with Crippen molar-refractivity contribution in [2.45, 2.75) is 49.9 Å². The standard InChI is InChI=1S/C17H22FN3O2S/c1-11(2)16-19-20-17(21(16)13-5-6-13)24-10-14(22)9-23-15-7-3-12(18)4-8-15/h3-4,7-8,11,13-14,22H,5-6,9-10H2,1-2H3/t14-/m1/s1. The predicted octanol–water partition coefficient (Wildman–Crippen LogP) is 3.41. The molecular formula is C17H22FN3O2S. The van der Waals surface area contributed by atoms with Gasteiger partial charge < -0.3 is 14.4 Å². The number of benzene rings is 1. The third-order valence-corrected chi connectivity index (χ3v) is 4.87. The van der Waals surface area contributed by atoms with Crippen molar-refractivity contribution in [3.05, 3.63) is 35.9 Å². The summed E-state index contributed by atoms with van der Waals surface area (Å²) < 4.78 is 20.5. The van der Waals surface area contributed by atoms with E-state index in [9.17, 15) is 9.50 Å². The second-order valence-corrected chi connectivity index (χ2v) is 7.31. The first-order valence-electron chi connectivity index (χ1n) is 8.18. The molecule has 5 nitrogen and oxygen atoms in total. The molecule has 1 aromatic carbocycles. The summed E-state index contributed by atoms with van der Waals surface area (Å²) in [5.41, 5.74) is 0. The number of thioether (sulfide) groups is 1. The molecule has 1 N–H and O–H groups in total. The maximum absolute atomic E-state index is 12.8. The van der Waals surface area contributed by atoms with E-state index in [1.807, 2.05) is 0 Å². The molecule has 1 saturated carbocycles. The van der Waals surface area contributed by atoms with Crippen molar-refractivity contribution in [1.82, 2.24) is 14.8 Å². The van der Waals surface area contributed by atoms with Crippen molar-refractivity contribution >= 4 is 11.8 Å². The average molecular weight is 351 g/mol. The zero-order valence-corrected chi connectivity index (χ0v) is 14.7. The lowest BCUT2D eigenvalue weighted by molar-refractivity contribution is 0.126. The molecule has 0 unspecified atom stereocenters. The zero-order chi connectivity index (χ0) is 17.1. The Morgan fingerprint density at radius 1 is 1.29 bits per heavy atom. The van der Waals surface area contributed by atoms with Gasteiger partial charge in [-0.25, -0.2) is 4.39 Å². The van der Waals surface area contributed by atoms with Gasteiger partial charge >= 0.3 is 0 Å². The Bertz CT molecular complexity index is 671. The summed E-state index contributed by atoms with van der Waals surface area (Å²) >= 11 is 1.50. The van der Waals surface area contributed by atoms with Crippen molar-refractivity contribution in [1.29, 1.82) is 0 Å². The lowest BCUT2D eigenvalue weighted by atomic mass is 10.2. The number of aromatic nitrogens is 3. The Morgan fingerprint density at radius 3 is 2.62 bits per heavy atom. The number of hydrogen-bond donors (Lipinski definition) is 1. The van der Waals surface area contributed by atoms with Crippen LogP contribution in [-0.2, 0) is 0 Å². The fraction of sp³-hybridized carbons (Fsp3) is 0.529. The molecule has 0 aliphatic heterocycles. The van der Waals surface area contributed by atoms with E-state index in [0.717, 1.165) is 11.0 Å². The summed E-state index contributed by atoms with van der Waals surface area (Å²) in [6.07, 6.45) is 1.70. The fourth-order valence-electron chi connectivity index (χ4n) is 2.40. The van der Waals surface area contributed by atoms with E-state index in [-0.39, 0.29) is 12.4 Å². The minimum atomic E-state index is -0.632. The lowest BCUT2D eigenvalue weighted by Gasteiger charge is -2.13. The number of nitrogens with zero attached hydrogens (tertiary/aromatic N) is 3. The van der Waals surface area contributed by atoms with E-state index >= 15 is 0 Å². The van der Waals surface area contributed by atoms with Gasteiger partial charge in [-0.15, -0.1) is 10.2 Å². The van der Waals surface area contributed by atoms with Gasteiger partial charge in [0.05, 0.1) is 6.10 Å². The Balaban J connectivity index is 1.53. The van der Waals surface area contributed by atoms with Gasteiger partial charge in [0.2, 0.25) is 0 Å². The fourth-order valence-corrected chi connectivity index (χ4v) is 3.32. The minimum Gasteiger partial charge on any atom is -0.491 e. The Morgan fingerprint density at radius 2 is 2.00 bits per heavy atom. The van der Waals surface area contributed by atoms with Gasteiger partial charge in [-0.1, -0.05) is 25.6 Å². The highest BCUT2D eigenvalue weighted by Gasteiger charge is 2.30.